The zero-order valence-electron chi connectivity index (χ0n) is 6.28. The summed E-state index contributed by atoms with van der Waals surface area (Å²) in [5.41, 5.74) is 3.88. The van der Waals surface area contributed by atoms with Crippen LogP contribution < -0.4 is 10.8 Å². The van der Waals surface area contributed by atoms with E-state index in [9.17, 15) is 0 Å². The third-order valence-corrected chi connectivity index (χ3v) is 1.87. The second-order valence-corrected chi connectivity index (χ2v) is 2.87. The Morgan fingerprint density at radius 3 is 2.58 bits per heavy atom. The quantitative estimate of drug-likeness (QED) is 0.634. The van der Waals surface area contributed by atoms with E-state index in [0.29, 0.717) is 5.17 Å². The van der Waals surface area contributed by atoms with Crippen LogP contribution in [0.25, 0.3) is 0 Å². The van der Waals surface area contributed by atoms with Gasteiger partial charge < -0.3 is 10.2 Å². The molecule has 0 spiro atoms. The average molecular weight is 180 g/mol. The van der Waals surface area contributed by atoms with Gasteiger partial charge in [-0.05, 0) is 17.8 Å². The summed E-state index contributed by atoms with van der Waals surface area (Å²) >= 11 is 4.80. The van der Waals surface area contributed by atoms with E-state index in [-0.39, 0.29) is 6.17 Å². The monoisotopic (exact) mass is 180 g/mol. The van der Waals surface area contributed by atoms with Gasteiger partial charge in [0.25, 0.3) is 5.17 Å². The highest BCUT2D eigenvalue weighted by Gasteiger charge is 2.19. The van der Waals surface area contributed by atoms with E-state index in [2.05, 4.69) is 10.8 Å². The zero-order chi connectivity index (χ0) is 8.39. The summed E-state index contributed by atoms with van der Waals surface area (Å²) in [6.07, 6.45) is -0.0151. The van der Waals surface area contributed by atoms with Crippen molar-refractivity contribution in [1.82, 2.24) is 10.8 Å². The molecule has 4 heteroatoms. The molecule has 0 aliphatic carbocycles. The zero-order valence-corrected chi connectivity index (χ0v) is 7.10. The molecule has 1 atom stereocenters. The maximum absolute atomic E-state index is 4.89. The van der Waals surface area contributed by atoms with Crippen LogP contribution in [0.2, 0.25) is 0 Å². The van der Waals surface area contributed by atoms with Gasteiger partial charge in [0, 0.05) is 0 Å². The summed E-state index contributed by atoms with van der Waals surface area (Å²) in [6.45, 7) is 0. The Bertz CT molecular complexity index is 288. The molecule has 2 N–H and O–H groups in total. The SMILES string of the molecule is S=C1NC(c2ccccc2)NO1. The molecule has 1 aliphatic heterocycles. The fraction of sp³-hybridized carbons (Fsp3) is 0.125. The molecule has 1 fully saturated rings. The summed E-state index contributed by atoms with van der Waals surface area (Å²) in [6, 6.07) is 9.92. The van der Waals surface area contributed by atoms with Gasteiger partial charge in [-0.2, -0.15) is 0 Å². The number of nitrogens with one attached hydrogen (secondary N) is 2. The number of hydrogen-bond donors (Lipinski definition) is 2. The summed E-state index contributed by atoms with van der Waals surface area (Å²) < 4.78 is 0. The predicted molar refractivity (Wildman–Crippen MR) is 49.1 cm³/mol. The van der Waals surface area contributed by atoms with E-state index in [1.807, 2.05) is 30.3 Å². The number of rotatable bonds is 1. The minimum absolute atomic E-state index is 0.0151. The highest BCUT2D eigenvalue weighted by Crippen LogP contribution is 2.12. The predicted octanol–water partition coefficient (Wildman–Crippen LogP) is 1.09. The molecule has 0 radical (unpaired) electrons. The van der Waals surface area contributed by atoms with Gasteiger partial charge in [0.15, 0.2) is 0 Å². The molecule has 3 nitrogen and oxygen atoms in total. The third-order valence-electron chi connectivity index (χ3n) is 1.66. The lowest BCUT2D eigenvalue weighted by molar-refractivity contribution is 0.192. The first kappa shape index (κ1) is 7.52. The first-order valence-corrected chi connectivity index (χ1v) is 4.05. The number of hydrogen-bond acceptors (Lipinski definition) is 3. The highest BCUT2D eigenvalue weighted by molar-refractivity contribution is 7.80. The van der Waals surface area contributed by atoms with Gasteiger partial charge in [0.2, 0.25) is 0 Å². The molecule has 0 amide bonds. The van der Waals surface area contributed by atoms with Gasteiger partial charge in [0.05, 0.1) is 0 Å². The third kappa shape index (κ3) is 1.39. The topological polar surface area (TPSA) is 33.3 Å². The van der Waals surface area contributed by atoms with Crippen molar-refractivity contribution in [3.8, 4) is 0 Å². The molecule has 1 saturated heterocycles. The standard InChI is InChI=1S/C8H8N2OS/c12-8-9-7(10-11-8)6-4-2-1-3-5-6/h1-5,7,10H,(H,9,12). The smallest absolute Gasteiger partial charge is 0.280 e. The molecule has 0 saturated carbocycles. The Balaban J connectivity index is 2.16. The second-order valence-electron chi connectivity index (χ2n) is 2.50. The van der Waals surface area contributed by atoms with Gasteiger partial charge in [-0.1, -0.05) is 30.3 Å². The van der Waals surface area contributed by atoms with E-state index >= 15 is 0 Å². The van der Waals surface area contributed by atoms with Crippen molar-refractivity contribution < 1.29 is 4.84 Å². The molecule has 1 aromatic rings. The van der Waals surface area contributed by atoms with E-state index in [1.54, 1.807) is 0 Å². The second kappa shape index (κ2) is 3.08. The summed E-state index contributed by atoms with van der Waals surface area (Å²) in [4.78, 5) is 4.89. The lowest BCUT2D eigenvalue weighted by Gasteiger charge is -2.06. The summed E-state index contributed by atoms with van der Waals surface area (Å²) in [5.74, 6) is 0. The van der Waals surface area contributed by atoms with Crippen LogP contribution in [0.15, 0.2) is 30.3 Å². The Morgan fingerprint density at radius 2 is 2.00 bits per heavy atom. The van der Waals surface area contributed by atoms with Gasteiger partial charge in [-0.15, -0.1) is 5.48 Å². The molecule has 0 bridgehead atoms. The Morgan fingerprint density at radius 1 is 1.25 bits per heavy atom. The van der Waals surface area contributed by atoms with Crippen LogP contribution in [0.3, 0.4) is 0 Å². The van der Waals surface area contributed by atoms with Gasteiger partial charge in [-0.25, -0.2) is 0 Å². The molecule has 1 unspecified atom stereocenters. The van der Waals surface area contributed by atoms with Crippen molar-refractivity contribution in [2.24, 2.45) is 0 Å². The fourth-order valence-corrected chi connectivity index (χ4v) is 1.25. The number of thiocarbonyl (C=S) groups is 1. The lowest BCUT2D eigenvalue weighted by Crippen LogP contribution is -2.21. The first-order valence-electron chi connectivity index (χ1n) is 3.64. The van der Waals surface area contributed by atoms with Crippen LogP contribution in [0.4, 0.5) is 0 Å². The van der Waals surface area contributed by atoms with E-state index in [1.165, 1.54) is 0 Å². The normalized spacial score (nSPS) is 21.7. The lowest BCUT2D eigenvalue weighted by atomic mass is 10.2. The van der Waals surface area contributed by atoms with Crippen molar-refractivity contribution in [2.75, 3.05) is 0 Å². The Kier molecular flexibility index (Phi) is 1.93. The van der Waals surface area contributed by atoms with Crippen LogP contribution in [-0.2, 0) is 4.84 Å². The largest absolute Gasteiger partial charge is 0.376 e. The maximum Gasteiger partial charge on any atom is 0.280 e. The Hall–Kier alpha value is -1.13. The molecule has 1 aromatic carbocycles. The highest BCUT2D eigenvalue weighted by atomic mass is 32.1. The molecule has 62 valence electrons. The summed E-state index contributed by atoms with van der Waals surface area (Å²) in [7, 11) is 0. The van der Waals surface area contributed by atoms with Crippen molar-refractivity contribution in [3.63, 3.8) is 0 Å². The van der Waals surface area contributed by atoms with Crippen molar-refractivity contribution in [3.05, 3.63) is 35.9 Å². The van der Waals surface area contributed by atoms with Crippen LogP contribution in [0.5, 0.6) is 0 Å². The molecular weight excluding hydrogens is 172 g/mol. The van der Waals surface area contributed by atoms with E-state index < -0.39 is 0 Å². The van der Waals surface area contributed by atoms with Crippen LogP contribution in [0.1, 0.15) is 11.7 Å². The van der Waals surface area contributed by atoms with Gasteiger partial charge in [-0.3, -0.25) is 0 Å². The van der Waals surface area contributed by atoms with E-state index in [0.717, 1.165) is 5.56 Å². The van der Waals surface area contributed by atoms with Crippen molar-refractivity contribution in [2.45, 2.75) is 6.17 Å². The van der Waals surface area contributed by atoms with Gasteiger partial charge in [0.1, 0.15) is 6.17 Å². The molecule has 0 aromatic heterocycles. The molecule has 12 heavy (non-hydrogen) atoms. The minimum atomic E-state index is -0.0151. The Labute approximate surface area is 75.7 Å². The fourth-order valence-electron chi connectivity index (χ4n) is 1.09. The van der Waals surface area contributed by atoms with Crippen molar-refractivity contribution in [1.29, 1.82) is 0 Å². The molecule has 2 rings (SSSR count). The van der Waals surface area contributed by atoms with Gasteiger partial charge >= 0.3 is 0 Å². The maximum atomic E-state index is 4.89. The van der Waals surface area contributed by atoms with Crippen molar-refractivity contribution >= 4 is 17.4 Å². The van der Waals surface area contributed by atoms with E-state index in [4.69, 9.17) is 17.1 Å². The minimum Gasteiger partial charge on any atom is -0.376 e. The number of benzene rings is 1. The molecular formula is C8H8N2OS. The van der Waals surface area contributed by atoms with Crippen LogP contribution >= 0.6 is 12.2 Å². The molecule has 1 heterocycles. The summed E-state index contributed by atoms with van der Waals surface area (Å²) in [5, 5.41) is 3.36. The van der Waals surface area contributed by atoms with Crippen LogP contribution in [-0.4, -0.2) is 5.17 Å². The molecule has 1 aliphatic rings. The number of hydroxylamine groups is 1. The first-order chi connectivity index (χ1) is 5.86. The van der Waals surface area contributed by atoms with Crippen LogP contribution in [0, 0.1) is 0 Å². The average Bonchev–Trinajstić information content (AvgIpc) is 2.54.